The van der Waals surface area contributed by atoms with Gasteiger partial charge in [0, 0.05) is 23.6 Å². The average Bonchev–Trinajstić information content (AvgIpc) is 2.98. The number of rotatable bonds is 8. The molecule has 28 heavy (non-hydrogen) atoms. The molecular formula is C19H22N2O6S. The second-order valence-electron chi connectivity index (χ2n) is 6.66. The number of aliphatic hydroxyl groups is 1. The number of alkyl carbamates (subject to hydrolysis) is 1. The number of benzene rings is 1. The van der Waals surface area contributed by atoms with Gasteiger partial charge in [0.25, 0.3) is 0 Å². The highest BCUT2D eigenvalue weighted by atomic mass is 32.2. The Bertz CT molecular complexity index is 795. The summed E-state index contributed by atoms with van der Waals surface area (Å²) in [5.74, 6) is -1.62. The molecule has 0 bridgehead atoms. The summed E-state index contributed by atoms with van der Waals surface area (Å²) in [6.07, 6.45) is -0.947. The predicted octanol–water partition coefficient (Wildman–Crippen LogP) is 1.55. The zero-order valence-electron chi connectivity index (χ0n) is 15.3. The first-order valence-corrected chi connectivity index (χ1v) is 9.93. The molecular weight excluding hydrogens is 384 g/mol. The Balaban J connectivity index is 1.46. The number of carboxylic acids is 1. The maximum Gasteiger partial charge on any atom is 0.407 e. The second kappa shape index (κ2) is 8.66. The van der Waals surface area contributed by atoms with E-state index in [1.807, 2.05) is 30.3 Å². The van der Waals surface area contributed by atoms with E-state index in [4.69, 9.17) is 4.74 Å². The molecule has 2 aliphatic heterocycles. The summed E-state index contributed by atoms with van der Waals surface area (Å²) in [5.41, 5.74) is 0.875. The van der Waals surface area contributed by atoms with E-state index in [0.29, 0.717) is 23.6 Å². The minimum atomic E-state index is -1.15. The molecule has 3 rings (SSSR count). The molecule has 0 unspecified atom stereocenters. The molecule has 8 nitrogen and oxygen atoms in total. The topological polar surface area (TPSA) is 116 Å². The number of nitrogens with zero attached hydrogens (tertiary/aromatic N) is 1. The lowest BCUT2D eigenvalue weighted by Gasteiger charge is -2.44. The Kier molecular flexibility index (Phi) is 6.25. The number of thioether (sulfide) groups is 1. The van der Waals surface area contributed by atoms with Gasteiger partial charge in [0.2, 0.25) is 5.91 Å². The van der Waals surface area contributed by atoms with Crippen LogP contribution in [0.1, 0.15) is 18.9 Å². The van der Waals surface area contributed by atoms with Crippen LogP contribution in [0.3, 0.4) is 0 Å². The molecule has 3 atom stereocenters. The Labute approximate surface area is 166 Å². The molecule has 0 spiro atoms. The molecule has 3 N–H and O–H groups in total. The lowest BCUT2D eigenvalue weighted by molar-refractivity contribution is -0.161. The molecule has 2 heterocycles. The maximum absolute atomic E-state index is 12.1. The number of hydrogen-bond acceptors (Lipinski definition) is 6. The number of aliphatic hydroxyl groups excluding tert-OH is 1. The Hall–Kier alpha value is -2.52. The first-order chi connectivity index (χ1) is 13.4. The summed E-state index contributed by atoms with van der Waals surface area (Å²) in [4.78, 5) is 37.3. The first kappa shape index (κ1) is 20.2. The smallest absolute Gasteiger partial charge is 0.407 e. The lowest BCUT2D eigenvalue weighted by atomic mass is 9.83. The van der Waals surface area contributed by atoms with Gasteiger partial charge in [-0.25, -0.2) is 9.59 Å². The van der Waals surface area contributed by atoms with Crippen molar-refractivity contribution in [3.05, 3.63) is 46.5 Å². The third kappa shape index (κ3) is 4.15. The monoisotopic (exact) mass is 406 g/mol. The maximum atomic E-state index is 12.1. The van der Waals surface area contributed by atoms with Crippen molar-refractivity contribution in [2.45, 2.75) is 32.1 Å². The van der Waals surface area contributed by atoms with Crippen molar-refractivity contribution in [3.63, 3.8) is 0 Å². The summed E-state index contributed by atoms with van der Waals surface area (Å²) in [5, 5.41) is 21.8. The van der Waals surface area contributed by atoms with E-state index < -0.39 is 24.1 Å². The summed E-state index contributed by atoms with van der Waals surface area (Å²) in [6, 6.07) is 9.01. The fourth-order valence-electron chi connectivity index (χ4n) is 3.46. The van der Waals surface area contributed by atoms with Crippen LogP contribution in [0, 0.1) is 5.92 Å². The number of ether oxygens (including phenoxy) is 1. The lowest BCUT2D eigenvalue weighted by Crippen LogP contribution is -2.61. The van der Waals surface area contributed by atoms with Gasteiger partial charge in [-0.3, -0.25) is 4.79 Å². The van der Waals surface area contributed by atoms with Gasteiger partial charge < -0.3 is 25.2 Å². The average molecular weight is 406 g/mol. The van der Waals surface area contributed by atoms with Crippen molar-refractivity contribution >= 4 is 29.7 Å². The second-order valence-corrected chi connectivity index (χ2v) is 7.85. The van der Waals surface area contributed by atoms with Gasteiger partial charge in [0.05, 0.1) is 18.1 Å². The van der Waals surface area contributed by atoms with E-state index in [0.717, 1.165) is 5.56 Å². The molecule has 1 aromatic rings. The van der Waals surface area contributed by atoms with Gasteiger partial charge >= 0.3 is 12.1 Å². The highest BCUT2D eigenvalue weighted by Gasteiger charge is 2.56. The SMILES string of the molecule is C[C@@H](O)[C@H]1C(=O)N2C(C(=O)O)=C(SCCNC(=O)OCc3ccccc3)C[C@H]12. The van der Waals surface area contributed by atoms with E-state index >= 15 is 0 Å². The Morgan fingerprint density at radius 2 is 2.07 bits per heavy atom. The molecule has 2 aliphatic rings. The number of β-lactam (4-membered cyclic amide) rings is 1. The summed E-state index contributed by atoms with van der Waals surface area (Å²) >= 11 is 1.29. The van der Waals surface area contributed by atoms with E-state index in [9.17, 15) is 24.6 Å². The van der Waals surface area contributed by atoms with Gasteiger partial charge in [-0.1, -0.05) is 30.3 Å². The van der Waals surface area contributed by atoms with Crippen LogP contribution in [0.25, 0.3) is 0 Å². The number of hydrogen-bond donors (Lipinski definition) is 3. The summed E-state index contributed by atoms with van der Waals surface area (Å²) in [6.45, 7) is 2.01. The van der Waals surface area contributed by atoms with Gasteiger partial charge in [-0.15, -0.1) is 11.8 Å². The fraction of sp³-hybridized carbons (Fsp3) is 0.421. The van der Waals surface area contributed by atoms with E-state index in [1.165, 1.54) is 23.6 Å². The van der Waals surface area contributed by atoms with Crippen LogP contribution >= 0.6 is 11.8 Å². The molecule has 1 aromatic carbocycles. The van der Waals surface area contributed by atoms with Crippen molar-refractivity contribution in [1.82, 2.24) is 10.2 Å². The number of nitrogens with one attached hydrogen (secondary N) is 1. The van der Waals surface area contributed by atoms with Crippen molar-refractivity contribution in [2.75, 3.05) is 12.3 Å². The summed E-state index contributed by atoms with van der Waals surface area (Å²) < 4.78 is 5.11. The van der Waals surface area contributed by atoms with Crippen LogP contribution in [0.5, 0.6) is 0 Å². The van der Waals surface area contributed by atoms with Crippen molar-refractivity contribution in [1.29, 1.82) is 0 Å². The standard InChI is InChI=1S/C19H22N2O6S/c1-11(22)15-13-9-14(16(18(24)25)21(13)17(15)23)28-8-7-20-19(26)27-10-12-5-3-2-4-6-12/h2-6,11,13,15,22H,7-10H2,1H3,(H,20,26)(H,24,25)/t11-,13-,15-/m1/s1. The number of carbonyl (C=O) groups excluding carboxylic acids is 2. The fourth-order valence-corrected chi connectivity index (χ4v) is 4.52. The molecule has 1 saturated heterocycles. The third-order valence-electron chi connectivity index (χ3n) is 4.75. The summed E-state index contributed by atoms with van der Waals surface area (Å²) in [7, 11) is 0. The number of amides is 2. The van der Waals surface area contributed by atoms with E-state index in [2.05, 4.69) is 5.32 Å². The zero-order valence-corrected chi connectivity index (χ0v) is 16.1. The van der Waals surface area contributed by atoms with Crippen LogP contribution < -0.4 is 5.32 Å². The normalized spacial score (nSPS) is 21.8. The highest BCUT2D eigenvalue weighted by molar-refractivity contribution is 8.03. The van der Waals surface area contributed by atoms with E-state index in [-0.39, 0.29) is 24.3 Å². The largest absolute Gasteiger partial charge is 0.477 e. The van der Waals surface area contributed by atoms with Crippen LogP contribution in [0.4, 0.5) is 4.79 Å². The molecule has 0 saturated carbocycles. The molecule has 0 aromatic heterocycles. The molecule has 150 valence electrons. The van der Waals surface area contributed by atoms with Gasteiger partial charge in [-0.05, 0) is 12.5 Å². The number of fused-ring (bicyclic) bond motifs is 1. The van der Waals surface area contributed by atoms with Crippen LogP contribution in [-0.2, 0) is 20.9 Å². The number of aliphatic carboxylic acids is 1. The minimum absolute atomic E-state index is 0.0106. The Morgan fingerprint density at radius 3 is 2.71 bits per heavy atom. The van der Waals surface area contributed by atoms with Crippen LogP contribution in [-0.4, -0.2) is 57.5 Å². The van der Waals surface area contributed by atoms with Crippen molar-refractivity contribution in [3.8, 4) is 0 Å². The van der Waals surface area contributed by atoms with Crippen LogP contribution in [0.2, 0.25) is 0 Å². The molecule has 0 radical (unpaired) electrons. The molecule has 0 aliphatic carbocycles. The van der Waals surface area contributed by atoms with E-state index in [1.54, 1.807) is 0 Å². The third-order valence-corrected chi connectivity index (χ3v) is 5.87. The molecule has 1 fully saturated rings. The number of carboxylic acid groups (broad SMARTS) is 1. The first-order valence-electron chi connectivity index (χ1n) is 8.95. The number of carbonyl (C=O) groups is 3. The predicted molar refractivity (Wildman–Crippen MR) is 102 cm³/mol. The Morgan fingerprint density at radius 1 is 1.36 bits per heavy atom. The zero-order chi connectivity index (χ0) is 20.3. The molecule has 9 heteroatoms. The van der Waals surface area contributed by atoms with Gasteiger partial charge in [-0.2, -0.15) is 0 Å². The van der Waals surface area contributed by atoms with Crippen molar-refractivity contribution in [2.24, 2.45) is 5.92 Å². The molecule has 2 amide bonds. The minimum Gasteiger partial charge on any atom is -0.477 e. The van der Waals surface area contributed by atoms with Crippen molar-refractivity contribution < 1.29 is 29.3 Å². The van der Waals surface area contributed by atoms with Gasteiger partial charge in [0.1, 0.15) is 12.3 Å². The quantitative estimate of drug-likeness (QED) is 0.443. The highest BCUT2D eigenvalue weighted by Crippen LogP contribution is 2.46. The van der Waals surface area contributed by atoms with Gasteiger partial charge in [0.15, 0.2) is 0 Å². The van der Waals surface area contributed by atoms with Crippen LogP contribution in [0.15, 0.2) is 40.9 Å².